The zero-order valence-electron chi connectivity index (χ0n) is 16.1. The van der Waals surface area contributed by atoms with E-state index in [0.29, 0.717) is 16.8 Å². The van der Waals surface area contributed by atoms with E-state index in [-0.39, 0.29) is 18.9 Å². The van der Waals surface area contributed by atoms with Crippen molar-refractivity contribution >= 4 is 29.4 Å². The summed E-state index contributed by atoms with van der Waals surface area (Å²) in [7, 11) is 0. The molecule has 8 heteroatoms. The van der Waals surface area contributed by atoms with Gasteiger partial charge < -0.3 is 4.74 Å². The molecule has 29 heavy (non-hydrogen) atoms. The first-order valence-electron chi connectivity index (χ1n) is 9.18. The van der Waals surface area contributed by atoms with Crippen LogP contribution in [0, 0.1) is 6.92 Å². The standard InChI is InChI=1S/C21H21N3O5/c1-3-29-21(28)14-8-10-15(11-9-14)24-18(25)12-17(20(24)27)22-23-19(26)16-7-5-4-6-13(16)2/h4-11,17,22H,3,12H2,1-2H3,(H,23,26)/t17-/m0/s1. The van der Waals surface area contributed by atoms with Gasteiger partial charge >= 0.3 is 5.97 Å². The van der Waals surface area contributed by atoms with E-state index in [2.05, 4.69) is 10.9 Å². The van der Waals surface area contributed by atoms with E-state index in [9.17, 15) is 19.2 Å². The molecule has 1 aliphatic heterocycles. The zero-order valence-corrected chi connectivity index (χ0v) is 16.1. The molecule has 2 N–H and O–H groups in total. The van der Waals surface area contributed by atoms with Crippen LogP contribution in [0.3, 0.4) is 0 Å². The summed E-state index contributed by atoms with van der Waals surface area (Å²) >= 11 is 0. The Morgan fingerprint density at radius 2 is 1.79 bits per heavy atom. The first kappa shape index (κ1) is 20.2. The lowest BCUT2D eigenvalue weighted by molar-refractivity contribution is -0.121. The van der Waals surface area contributed by atoms with Gasteiger partial charge in [-0.3, -0.25) is 19.8 Å². The average molecular weight is 395 g/mol. The lowest BCUT2D eigenvalue weighted by Crippen LogP contribution is -2.48. The molecule has 2 aromatic carbocycles. The Morgan fingerprint density at radius 1 is 1.10 bits per heavy atom. The lowest BCUT2D eigenvalue weighted by atomic mass is 10.1. The van der Waals surface area contributed by atoms with Gasteiger partial charge in [0, 0.05) is 5.56 Å². The van der Waals surface area contributed by atoms with Crippen molar-refractivity contribution < 1.29 is 23.9 Å². The molecular formula is C21H21N3O5. The van der Waals surface area contributed by atoms with Gasteiger partial charge in [0.1, 0.15) is 6.04 Å². The molecule has 1 aliphatic rings. The van der Waals surface area contributed by atoms with Gasteiger partial charge in [-0.05, 0) is 49.7 Å². The van der Waals surface area contributed by atoms with Crippen molar-refractivity contribution in [2.24, 2.45) is 0 Å². The predicted octanol–water partition coefficient (Wildman–Crippen LogP) is 1.74. The Labute approximate surface area is 167 Å². The molecule has 1 atom stereocenters. The third-order valence-corrected chi connectivity index (χ3v) is 4.53. The van der Waals surface area contributed by atoms with E-state index in [1.165, 1.54) is 24.3 Å². The van der Waals surface area contributed by atoms with Crippen molar-refractivity contribution in [3.05, 3.63) is 65.2 Å². The van der Waals surface area contributed by atoms with Crippen LogP contribution >= 0.6 is 0 Å². The SMILES string of the molecule is CCOC(=O)c1ccc(N2C(=O)C[C@H](NNC(=O)c3ccccc3C)C2=O)cc1. The molecule has 0 aromatic heterocycles. The molecule has 8 nitrogen and oxygen atoms in total. The van der Waals surface area contributed by atoms with E-state index in [1.54, 1.807) is 32.0 Å². The van der Waals surface area contributed by atoms with Gasteiger partial charge in [-0.1, -0.05) is 18.2 Å². The van der Waals surface area contributed by atoms with E-state index < -0.39 is 23.8 Å². The minimum atomic E-state index is -0.875. The number of benzene rings is 2. The molecule has 1 saturated heterocycles. The van der Waals surface area contributed by atoms with Crippen LogP contribution < -0.4 is 15.8 Å². The third kappa shape index (κ3) is 4.33. The maximum Gasteiger partial charge on any atom is 0.338 e. The van der Waals surface area contributed by atoms with Crippen LogP contribution in [-0.4, -0.2) is 36.3 Å². The molecule has 0 aliphatic carbocycles. The molecule has 2 aromatic rings. The fourth-order valence-corrected chi connectivity index (χ4v) is 3.02. The minimum Gasteiger partial charge on any atom is -0.462 e. The van der Waals surface area contributed by atoms with Gasteiger partial charge in [0.05, 0.1) is 24.3 Å². The molecule has 0 saturated carbocycles. The summed E-state index contributed by atoms with van der Waals surface area (Å²) in [6, 6.07) is 12.2. The Hall–Kier alpha value is -3.52. The molecular weight excluding hydrogens is 374 g/mol. The number of hydrazine groups is 1. The first-order chi connectivity index (χ1) is 13.9. The van der Waals surface area contributed by atoms with Crippen molar-refractivity contribution in [2.45, 2.75) is 26.3 Å². The number of hydrogen-bond donors (Lipinski definition) is 2. The fourth-order valence-electron chi connectivity index (χ4n) is 3.02. The van der Waals surface area contributed by atoms with Crippen LogP contribution in [0.25, 0.3) is 0 Å². The summed E-state index contributed by atoms with van der Waals surface area (Å²) < 4.78 is 4.92. The van der Waals surface area contributed by atoms with E-state index in [1.807, 2.05) is 6.07 Å². The lowest BCUT2D eigenvalue weighted by Gasteiger charge is -2.16. The molecule has 1 fully saturated rings. The number of hydrogen-bond acceptors (Lipinski definition) is 6. The maximum atomic E-state index is 12.7. The Kier molecular flexibility index (Phi) is 6.04. The summed E-state index contributed by atoms with van der Waals surface area (Å²) in [6.07, 6.45) is -0.0908. The van der Waals surface area contributed by atoms with E-state index >= 15 is 0 Å². The zero-order chi connectivity index (χ0) is 21.0. The Bertz CT molecular complexity index is 955. The van der Waals surface area contributed by atoms with Gasteiger partial charge in [0.15, 0.2) is 0 Å². The fraction of sp³-hybridized carbons (Fsp3) is 0.238. The number of ether oxygens (including phenoxy) is 1. The molecule has 3 rings (SSSR count). The van der Waals surface area contributed by atoms with Crippen molar-refractivity contribution in [1.29, 1.82) is 0 Å². The highest BCUT2D eigenvalue weighted by Gasteiger charge is 2.39. The van der Waals surface area contributed by atoms with Gasteiger partial charge in [-0.15, -0.1) is 0 Å². The number of rotatable bonds is 6. The highest BCUT2D eigenvalue weighted by Crippen LogP contribution is 2.23. The van der Waals surface area contributed by atoms with Crippen molar-refractivity contribution in [1.82, 2.24) is 10.9 Å². The highest BCUT2D eigenvalue weighted by molar-refractivity contribution is 6.22. The van der Waals surface area contributed by atoms with Crippen molar-refractivity contribution in [2.75, 3.05) is 11.5 Å². The van der Waals surface area contributed by atoms with Gasteiger partial charge in [-0.2, -0.15) is 0 Å². The molecule has 3 amide bonds. The number of nitrogens with one attached hydrogen (secondary N) is 2. The number of aryl methyl sites for hydroxylation is 1. The number of carbonyl (C=O) groups is 4. The predicted molar refractivity (Wildman–Crippen MR) is 105 cm³/mol. The molecule has 0 bridgehead atoms. The topological polar surface area (TPSA) is 105 Å². The minimum absolute atomic E-state index is 0.0908. The van der Waals surface area contributed by atoms with Crippen LogP contribution in [0.5, 0.6) is 0 Å². The monoisotopic (exact) mass is 395 g/mol. The normalized spacial score (nSPS) is 16.1. The summed E-state index contributed by atoms with van der Waals surface area (Å²) in [4.78, 5) is 50.1. The van der Waals surface area contributed by atoms with Crippen LogP contribution in [0.4, 0.5) is 5.69 Å². The quantitative estimate of drug-likeness (QED) is 0.439. The molecule has 150 valence electrons. The number of imide groups is 1. The second-order valence-corrected chi connectivity index (χ2v) is 6.50. The second kappa shape index (κ2) is 8.66. The molecule has 0 unspecified atom stereocenters. The second-order valence-electron chi connectivity index (χ2n) is 6.50. The molecule has 1 heterocycles. The maximum absolute atomic E-state index is 12.7. The van der Waals surface area contributed by atoms with Crippen LogP contribution in [0.15, 0.2) is 48.5 Å². The van der Waals surface area contributed by atoms with E-state index in [0.717, 1.165) is 10.5 Å². The Balaban J connectivity index is 1.66. The number of esters is 1. The van der Waals surface area contributed by atoms with Gasteiger partial charge in [0.2, 0.25) is 5.91 Å². The highest BCUT2D eigenvalue weighted by atomic mass is 16.5. The summed E-state index contributed by atoms with van der Waals surface area (Å²) in [6.45, 7) is 3.77. The van der Waals surface area contributed by atoms with Crippen LogP contribution in [-0.2, 0) is 14.3 Å². The number of carbonyl (C=O) groups excluding carboxylic acids is 4. The summed E-state index contributed by atoms with van der Waals surface area (Å²) in [5.41, 5.74) is 7.09. The average Bonchev–Trinajstić information content (AvgIpc) is 3.00. The van der Waals surface area contributed by atoms with Crippen molar-refractivity contribution in [3.8, 4) is 0 Å². The first-order valence-corrected chi connectivity index (χ1v) is 9.18. The van der Waals surface area contributed by atoms with E-state index in [4.69, 9.17) is 4.74 Å². The van der Waals surface area contributed by atoms with Crippen LogP contribution in [0.1, 0.15) is 39.6 Å². The largest absolute Gasteiger partial charge is 0.462 e. The number of anilines is 1. The molecule has 0 radical (unpaired) electrons. The summed E-state index contributed by atoms with van der Waals surface area (Å²) in [5.74, 6) is -1.75. The molecule has 0 spiro atoms. The van der Waals surface area contributed by atoms with Gasteiger partial charge in [-0.25, -0.2) is 15.1 Å². The third-order valence-electron chi connectivity index (χ3n) is 4.53. The number of amides is 3. The van der Waals surface area contributed by atoms with Crippen LogP contribution in [0.2, 0.25) is 0 Å². The Morgan fingerprint density at radius 3 is 2.45 bits per heavy atom. The van der Waals surface area contributed by atoms with Gasteiger partial charge in [0.25, 0.3) is 11.8 Å². The summed E-state index contributed by atoms with van der Waals surface area (Å²) in [5, 5.41) is 0. The number of nitrogens with zero attached hydrogens (tertiary/aromatic N) is 1. The van der Waals surface area contributed by atoms with Crippen molar-refractivity contribution in [3.63, 3.8) is 0 Å². The smallest absolute Gasteiger partial charge is 0.338 e.